The number of rotatable bonds is 7. The van der Waals surface area contributed by atoms with Crippen molar-refractivity contribution in [2.24, 2.45) is 11.3 Å². The van der Waals surface area contributed by atoms with Crippen LogP contribution >= 0.6 is 0 Å². The van der Waals surface area contributed by atoms with Crippen molar-refractivity contribution in [2.75, 3.05) is 13.2 Å². The van der Waals surface area contributed by atoms with Gasteiger partial charge in [-0.1, -0.05) is 0 Å². The van der Waals surface area contributed by atoms with Gasteiger partial charge < -0.3 is 15.2 Å². The predicted octanol–water partition coefficient (Wildman–Crippen LogP) is 1.03. The van der Waals surface area contributed by atoms with Gasteiger partial charge in [0.25, 0.3) is 0 Å². The average Bonchev–Trinajstić information content (AvgIpc) is 2.97. The van der Waals surface area contributed by atoms with Crippen LogP contribution in [0.3, 0.4) is 0 Å². The predicted molar refractivity (Wildman–Crippen MR) is 62.6 cm³/mol. The van der Waals surface area contributed by atoms with Gasteiger partial charge in [0.05, 0.1) is 17.4 Å². The minimum atomic E-state index is -0.842. The lowest BCUT2D eigenvalue weighted by atomic mass is 9.90. The fourth-order valence-electron chi connectivity index (χ4n) is 1.58. The smallest absolute Gasteiger partial charge is 0.309 e. The van der Waals surface area contributed by atoms with Crippen LogP contribution in [0.25, 0.3) is 0 Å². The topological polar surface area (TPSA) is 75.6 Å². The van der Waals surface area contributed by atoms with E-state index in [1.807, 2.05) is 6.92 Å². The zero-order valence-electron chi connectivity index (χ0n) is 10.7. The van der Waals surface area contributed by atoms with E-state index in [0.29, 0.717) is 19.6 Å². The number of nitrogens with one attached hydrogen (secondary N) is 1. The van der Waals surface area contributed by atoms with Gasteiger partial charge in [0.1, 0.15) is 0 Å². The van der Waals surface area contributed by atoms with Gasteiger partial charge in [-0.3, -0.25) is 9.59 Å². The van der Waals surface area contributed by atoms with Crippen molar-refractivity contribution in [3.8, 4) is 0 Å². The summed E-state index contributed by atoms with van der Waals surface area (Å²) in [7, 11) is 0. The highest BCUT2D eigenvalue weighted by atomic mass is 16.5. The summed E-state index contributed by atoms with van der Waals surface area (Å²) in [6, 6.07) is 0. The van der Waals surface area contributed by atoms with Crippen LogP contribution in [0.15, 0.2) is 0 Å². The lowest BCUT2D eigenvalue weighted by Crippen LogP contribution is -2.33. The molecule has 0 spiro atoms. The van der Waals surface area contributed by atoms with Gasteiger partial charge in [-0.15, -0.1) is 0 Å². The number of carboxylic acid groups (broad SMARTS) is 1. The minimum Gasteiger partial charge on any atom is -0.481 e. The third-order valence-corrected chi connectivity index (χ3v) is 3.08. The summed E-state index contributed by atoms with van der Waals surface area (Å²) in [5, 5.41) is 11.7. The van der Waals surface area contributed by atoms with E-state index >= 15 is 0 Å². The molecule has 2 atom stereocenters. The van der Waals surface area contributed by atoms with Crippen molar-refractivity contribution in [2.45, 2.75) is 39.7 Å². The molecule has 0 saturated heterocycles. The second-order valence-corrected chi connectivity index (χ2v) is 5.07. The van der Waals surface area contributed by atoms with E-state index in [-0.39, 0.29) is 17.9 Å². The van der Waals surface area contributed by atoms with Gasteiger partial charge in [-0.2, -0.15) is 0 Å². The van der Waals surface area contributed by atoms with Crippen molar-refractivity contribution in [3.05, 3.63) is 0 Å². The monoisotopic (exact) mass is 243 g/mol. The molecule has 1 aliphatic carbocycles. The maximum Gasteiger partial charge on any atom is 0.309 e. The molecule has 5 nitrogen and oxygen atoms in total. The van der Waals surface area contributed by atoms with Crippen LogP contribution in [-0.2, 0) is 14.3 Å². The molecule has 0 aromatic carbocycles. The van der Waals surface area contributed by atoms with Gasteiger partial charge in [-0.25, -0.2) is 0 Å². The number of hydrogen-bond donors (Lipinski definition) is 2. The summed E-state index contributed by atoms with van der Waals surface area (Å²) < 4.78 is 5.32. The molecule has 0 aliphatic heterocycles. The van der Waals surface area contributed by atoms with Gasteiger partial charge in [0.15, 0.2) is 0 Å². The Hall–Kier alpha value is -1.10. The summed E-state index contributed by atoms with van der Waals surface area (Å²) in [5.41, 5.74) is -0.795. The first-order valence-electron chi connectivity index (χ1n) is 6.01. The Morgan fingerprint density at radius 1 is 1.47 bits per heavy atom. The molecule has 1 saturated carbocycles. The zero-order valence-corrected chi connectivity index (χ0v) is 10.7. The zero-order chi connectivity index (χ0) is 13.1. The van der Waals surface area contributed by atoms with Crippen molar-refractivity contribution >= 4 is 11.9 Å². The molecular weight excluding hydrogens is 222 g/mol. The Bertz CT molecular complexity index is 301. The highest BCUT2D eigenvalue weighted by Gasteiger charge is 2.43. The quantitative estimate of drug-likeness (QED) is 0.700. The molecule has 0 aromatic rings. The number of ether oxygens (including phenoxy) is 1. The van der Waals surface area contributed by atoms with Gasteiger partial charge in [-0.05, 0) is 33.6 Å². The Balaban J connectivity index is 2.20. The molecule has 1 rings (SSSR count). The van der Waals surface area contributed by atoms with Crippen LogP contribution in [0.4, 0.5) is 0 Å². The molecule has 0 aromatic heterocycles. The first-order chi connectivity index (χ1) is 7.88. The van der Waals surface area contributed by atoms with E-state index in [9.17, 15) is 9.59 Å². The van der Waals surface area contributed by atoms with Crippen LogP contribution in [0.2, 0.25) is 0 Å². The number of carbonyl (C=O) groups is 2. The summed E-state index contributed by atoms with van der Waals surface area (Å²) in [6.45, 7) is 6.24. The van der Waals surface area contributed by atoms with E-state index in [1.54, 1.807) is 13.8 Å². The lowest BCUT2D eigenvalue weighted by Gasteiger charge is -2.18. The Labute approximate surface area is 102 Å². The third kappa shape index (κ3) is 4.00. The first kappa shape index (κ1) is 14.0. The average molecular weight is 243 g/mol. The van der Waals surface area contributed by atoms with E-state index in [2.05, 4.69) is 5.32 Å². The first-order valence-corrected chi connectivity index (χ1v) is 6.01. The normalized spacial score (nSPS) is 23.2. The van der Waals surface area contributed by atoms with Crippen LogP contribution in [-0.4, -0.2) is 36.2 Å². The number of carboxylic acids is 1. The highest BCUT2D eigenvalue weighted by Crippen LogP contribution is 2.33. The molecule has 5 heteroatoms. The standard InChI is InChI=1S/C12H21NO4/c1-4-17-9-7-8(9)10(14)13-6-5-12(2,3)11(15)16/h8-9H,4-7H2,1-3H3,(H,13,14)(H,15,16). The summed E-state index contributed by atoms with van der Waals surface area (Å²) in [6.07, 6.45) is 1.27. The fraction of sp³-hybridized carbons (Fsp3) is 0.833. The molecule has 2 N–H and O–H groups in total. The minimum absolute atomic E-state index is 0.0235. The Kier molecular flexibility index (Phi) is 4.51. The molecule has 0 bridgehead atoms. The largest absolute Gasteiger partial charge is 0.481 e. The number of amides is 1. The van der Waals surface area contributed by atoms with Gasteiger partial charge in [0, 0.05) is 13.2 Å². The SMILES string of the molecule is CCOC1CC1C(=O)NCCC(C)(C)C(=O)O. The molecule has 0 heterocycles. The van der Waals surface area contributed by atoms with Crippen molar-refractivity contribution < 1.29 is 19.4 Å². The number of carbonyl (C=O) groups excluding carboxylic acids is 1. The Morgan fingerprint density at radius 3 is 2.65 bits per heavy atom. The van der Waals surface area contributed by atoms with Crippen LogP contribution < -0.4 is 5.32 Å². The molecule has 2 unspecified atom stereocenters. The number of hydrogen-bond acceptors (Lipinski definition) is 3. The second kappa shape index (κ2) is 5.49. The third-order valence-electron chi connectivity index (χ3n) is 3.08. The molecule has 1 fully saturated rings. The summed E-state index contributed by atoms with van der Waals surface area (Å²) >= 11 is 0. The van der Waals surface area contributed by atoms with E-state index in [0.717, 1.165) is 6.42 Å². The van der Waals surface area contributed by atoms with Crippen LogP contribution in [0.5, 0.6) is 0 Å². The van der Waals surface area contributed by atoms with E-state index in [1.165, 1.54) is 0 Å². The number of aliphatic carboxylic acids is 1. The second-order valence-electron chi connectivity index (χ2n) is 5.07. The Morgan fingerprint density at radius 2 is 2.12 bits per heavy atom. The summed E-state index contributed by atoms with van der Waals surface area (Å²) in [4.78, 5) is 22.5. The summed E-state index contributed by atoms with van der Waals surface area (Å²) in [5.74, 6) is -0.905. The maximum atomic E-state index is 11.6. The van der Waals surface area contributed by atoms with Crippen molar-refractivity contribution in [1.29, 1.82) is 0 Å². The molecule has 1 aliphatic rings. The van der Waals surface area contributed by atoms with Crippen LogP contribution in [0.1, 0.15) is 33.6 Å². The lowest BCUT2D eigenvalue weighted by molar-refractivity contribution is -0.147. The fourth-order valence-corrected chi connectivity index (χ4v) is 1.58. The van der Waals surface area contributed by atoms with Gasteiger partial charge in [0.2, 0.25) is 5.91 Å². The molecule has 17 heavy (non-hydrogen) atoms. The molecule has 98 valence electrons. The van der Waals surface area contributed by atoms with Crippen molar-refractivity contribution in [3.63, 3.8) is 0 Å². The molecule has 0 radical (unpaired) electrons. The maximum absolute atomic E-state index is 11.6. The highest BCUT2D eigenvalue weighted by molar-refractivity contribution is 5.82. The van der Waals surface area contributed by atoms with E-state index in [4.69, 9.17) is 9.84 Å². The molecular formula is C12H21NO4. The van der Waals surface area contributed by atoms with Gasteiger partial charge >= 0.3 is 5.97 Å². The van der Waals surface area contributed by atoms with E-state index < -0.39 is 11.4 Å². The van der Waals surface area contributed by atoms with Crippen LogP contribution in [0, 0.1) is 11.3 Å². The van der Waals surface area contributed by atoms with Crippen molar-refractivity contribution in [1.82, 2.24) is 5.32 Å². The molecule has 1 amide bonds.